The molecular formula is C23H30N6O3. The number of nitrogens with zero attached hydrogens (tertiary/aromatic N) is 6. The molecule has 9 heteroatoms. The first-order chi connectivity index (χ1) is 15.3. The summed E-state index contributed by atoms with van der Waals surface area (Å²) in [6, 6.07) is 2.53. The number of piperidine rings is 1. The molecule has 1 saturated heterocycles. The maximum atomic E-state index is 13.3. The summed E-state index contributed by atoms with van der Waals surface area (Å²) >= 11 is 0. The second-order valence-electron chi connectivity index (χ2n) is 9.06. The van der Waals surface area contributed by atoms with Crippen molar-refractivity contribution in [2.75, 3.05) is 18.0 Å². The molecule has 9 nitrogen and oxygen atoms in total. The molecule has 2 aliphatic heterocycles. The van der Waals surface area contributed by atoms with Crippen molar-refractivity contribution in [3.05, 3.63) is 45.3 Å². The molecule has 170 valence electrons. The third-order valence-corrected chi connectivity index (χ3v) is 6.14. The summed E-state index contributed by atoms with van der Waals surface area (Å²) in [6.07, 6.45) is 3.70. The van der Waals surface area contributed by atoms with Crippen LogP contribution in [0.3, 0.4) is 0 Å². The second-order valence-corrected chi connectivity index (χ2v) is 9.06. The fourth-order valence-corrected chi connectivity index (χ4v) is 4.51. The molecule has 0 bridgehead atoms. The third-order valence-electron chi connectivity index (χ3n) is 6.14. The normalized spacial score (nSPS) is 18.8. The second kappa shape index (κ2) is 8.80. The van der Waals surface area contributed by atoms with E-state index in [-0.39, 0.29) is 29.1 Å². The van der Waals surface area contributed by atoms with Crippen LogP contribution in [-0.4, -0.2) is 49.6 Å². The number of fused-ring (bicyclic) bond motifs is 1. The number of likely N-dealkylation sites (tertiary alicyclic amines) is 1. The summed E-state index contributed by atoms with van der Waals surface area (Å²) in [5.41, 5.74) is 1.84. The zero-order valence-corrected chi connectivity index (χ0v) is 19.2. The van der Waals surface area contributed by atoms with Gasteiger partial charge in [0.1, 0.15) is 11.5 Å². The summed E-state index contributed by atoms with van der Waals surface area (Å²) in [6.45, 7) is 7.30. The zero-order chi connectivity index (χ0) is 23.0. The van der Waals surface area contributed by atoms with E-state index in [1.165, 1.54) is 23.9 Å². The molecule has 0 radical (unpaired) electrons. The Morgan fingerprint density at radius 1 is 1.16 bits per heavy atom. The van der Waals surface area contributed by atoms with Crippen LogP contribution in [0, 0.1) is 12.8 Å². The predicted molar refractivity (Wildman–Crippen MR) is 119 cm³/mol. The van der Waals surface area contributed by atoms with E-state index in [2.05, 4.69) is 18.9 Å². The Hall–Kier alpha value is -3.10. The molecule has 2 aromatic heterocycles. The SMILES string of the molecule is Cc1nc([C@H]2CCCCN2C(=O)c2ccc(=O)n(C)n2)nc2c1CCC(=O)N2CC(C)C. The first-order valence-electron chi connectivity index (χ1n) is 11.3. The number of amides is 2. The van der Waals surface area contributed by atoms with Crippen molar-refractivity contribution in [2.24, 2.45) is 13.0 Å². The Balaban J connectivity index is 1.72. The quantitative estimate of drug-likeness (QED) is 0.725. The molecule has 4 heterocycles. The average molecular weight is 439 g/mol. The van der Waals surface area contributed by atoms with Crippen LogP contribution >= 0.6 is 0 Å². The summed E-state index contributed by atoms with van der Waals surface area (Å²) < 4.78 is 1.17. The molecule has 4 rings (SSSR count). The molecule has 1 atom stereocenters. The molecule has 0 unspecified atom stereocenters. The van der Waals surface area contributed by atoms with Gasteiger partial charge in [-0.25, -0.2) is 14.6 Å². The minimum Gasteiger partial charge on any atom is -0.327 e. The van der Waals surface area contributed by atoms with Crippen LogP contribution in [0.15, 0.2) is 16.9 Å². The van der Waals surface area contributed by atoms with E-state index < -0.39 is 0 Å². The van der Waals surface area contributed by atoms with Crippen LogP contribution in [0.2, 0.25) is 0 Å². The van der Waals surface area contributed by atoms with Gasteiger partial charge in [0.25, 0.3) is 11.5 Å². The Morgan fingerprint density at radius 2 is 1.94 bits per heavy atom. The third kappa shape index (κ3) is 4.16. The summed E-state index contributed by atoms with van der Waals surface area (Å²) in [5, 5.41) is 4.14. The average Bonchev–Trinajstić information content (AvgIpc) is 2.77. The number of aryl methyl sites for hydroxylation is 2. The summed E-state index contributed by atoms with van der Waals surface area (Å²) in [5.74, 6) is 1.42. The number of anilines is 1. The lowest BCUT2D eigenvalue weighted by molar-refractivity contribution is -0.119. The van der Waals surface area contributed by atoms with E-state index >= 15 is 0 Å². The van der Waals surface area contributed by atoms with Crippen molar-refractivity contribution in [1.82, 2.24) is 24.6 Å². The van der Waals surface area contributed by atoms with E-state index in [1.807, 2.05) is 6.92 Å². The molecule has 32 heavy (non-hydrogen) atoms. The Labute approximate surface area is 187 Å². The molecule has 2 amide bonds. The molecule has 0 spiro atoms. The van der Waals surface area contributed by atoms with Crippen molar-refractivity contribution in [3.8, 4) is 0 Å². The van der Waals surface area contributed by atoms with Gasteiger partial charge in [0, 0.05) is 43.9 Å². The fraction of sp³-hybridized carbons (Fsp3) is 0.565. The number of carbonyl (C=O) groups is 2. The van der Waals surface area contributed by atoms with Gasteiger partial charge in [0.2, 0.25) is 5.91 Å². The van der Waals surface area contributed by atoms with Gasteiger partial charge in [-0.05, 0) is 44.6 Å². The minimum atomic E-state index is -0.294. The van der Waals surface area contributed by atoms with E-state index in [0.717, 1.165) is 30.5 Å². The van der Waals surface area contributed by atoms with Gasteiger partial charge in [-0.3, -0.25) is 19.3 Å². The van der Waals surface area contributed by atoms with E-state index in [4.69, 9.17) is 9.97 Å². The predicted octanol–water partition coefficient (Wildman–Crippen LogP) is 2.18. The number of hydrogen-bond acceptors (Lipinski definition) is 6. The number of hydrogen-bond donors (Lipinski definition) is 0. The lowest BCUT2D eigenvalue weighted by Gasteiger charge is -2.36. The van der Waals surface area contributed by atoms with Gasteiger partial charge in [-0.1, -0.05) is 13.8 Å². The van der Waals surface area contributed by atoms with Crippen molar-refractivity contribution in [3.63, 3.8) is 0 Å². The van der Waals surface area contributed by atoms with Crippen molar-refractivity contribution < 1.29 is 9.59 Å². The van der Waals surface area contributed by atoms with Crippen LogP contribution in [0.5, 0.6) is 0 Å². The highest BCUT2D eigenvalue weighted by Gasteiger charge is 2.34. The number of carbonyl (C=O) groups excluding carboxylic acids is 2. The summed E-state index contributed by atoms with van der Waals surface area (Å²) in [7, 11) is 1.53. The molecule has 0 N–H and O–H groups in total. The van der Waals surface area contributed by atoms with Crippen LogP contribution in [0.4, 0.5) is 5.82 Å². The van der Waals surface area contributed by atoms with Gasteiger partial charge >= 0.3 is 0 Å². The molecule has 0 aromatic carbocycles. The van der Waals surface area contributed by atoms with E-state index in [0.29, 0.717) is 43.5 Å². The maximum Gasteiger partial charge on any atom is 0.274 e. The molecule has 0 saturated carbocycles. The summed E-state index contributed by atoms with van der Waals surface area (Å²) in [4.78, 5) is 50.9. The van der Waals surface area contributed by atoms with Gasteiger partial charge in [0.15, 0.2) is 5.82 Å². The molecule has 0 aliphatic carbocycles. The first-order valence-corrected chi connectivity index (χ1v) is 11.3. The highest BCUT2D eigenvalue weighted by Crippen LogP contribution is 2.34. The lowest BCUT2D eigenvalue weighted by atomic mass is 9.98. The largest absolute Gasteiger partial charge is 0.327 e. The lowest BCUT2D eigenvalue weighted by Crippen LogP contribution is -2.42. The van der Waals surface area contributed by atoms with Crippen LogP contribution in [0.25, 0.3) is 0 Å². The van der Waals surface area contributed by atoms with Crippen LogP contribution < -0.4 is 10.5 Å². The van der Waals surface area contributed by atoms with Gasteiger partial charge in [0.05, 0.1) is 6.04 Å². The standard InChI is InChI=1S/C23H30N6O3/c1-14(2)13-29-20(31)10-8-16-15(3)24-21(25-22(16)29)18-7-5-6-12-28(18)23(32)17-9-11-19(30)27(4)26-17/h9,11,14,18H,5-8,10,12-13H2,1-4H3/t18-/m1/s1. The van der Waals surface area contributed by atoms with Gasteiger partial charge < -0.3 is 4.90 Å². The number of rotatable bonds is 4. The molecule has 2 aromatic rings. The van der Waals surface area contributed by atoms with Crippen molar-refractivity contribution in [1.29, 1.82) is 0 Å². The highest BCUT2D eigenvalue weighted by atomic mass is 16.2. The smallest absolute Gasteiger partial charge is 0.274 e. The fourth-order valence-electron chi connectivity index (χ4n) is 4.51. The van der Waals surface area contributed by atoms with Crippen LogP contribution in [0.1, 0.15) is 73.1 Å². The zero-order valence-electron chi connectivity index (χ0n) is 19.2. The molecule has 2 aliphatic rings. The Kier molecular flexibility index (Phi) is 6.08. The van der Waals surface area contributed by atoms with Gasteiger partial charge in [-0.2, -0.15) is 5.10 Å². The first kappa shape index (κ1) is 22.1. The topological polar surface area (TPSA) is 101 Å². The molecular weight excluding hydrogens is 408 g/mol. The van der Waals surface area contributed by atoms with E-state index in [1.54, 1.807) is 9.80 Å². The highest BCUT2D eigenvalue weighted by molar-refractivity contribution is 5.95. The number of aromatic nitrogens is 4. The van der Waals surface area contributed by atoms with Gasteiger partial charge in [-0.15, -0.1) is 0 Å². The Morgan fingerprint density at radius 3 is 2.66 bits per heavy atom. The van der Waals surface area contributed by atoms with Crippen molar-refractivity contribution >= 4 is 17.6 Å². The van der Waals surface area contributed by atoms with E-state index in [9.17, 15) is 14.4 Å². The molecule has 1 fully saturated rings. The monoisotopic (exact) mass is 438 g/mol. The van der Waals surface area contributed by atoms with Crippen molar-refractivity contribution in [2.45, 2.75) is 58.9 Å². The van der Waals surface area contributed by atoms with Crippen LogP contribution in [-0.2, 0) is 18.3 Å². The maximum absolute atomic E-state index is 13.3. The minimum absolute atomic E-state index is 0.0845. The Bertz CT molecular complexity index is 1110.